The van der Waals surface area contributed by atoms with E-state index in [1.165, 1.54) is 0 Å². The molecule has 0 saturated carbocycles. The number of hydrogen-bond acceptors (Lipinski definition) is 7. The molecule has 26 heavy (non-hydrogen) atoms. The molecule has 7 heteroatoms. The quantitative estimate of drug-likeness (QED) is 0.835. The molecule has 2 aromatic rings. The van der Waals surface area contributed by atoms with E-state index in [2.05, 4.69) is 23.0 Å². The molecule has 2 saturated heterocycles. The number of β-amino-alcohol motifs (C(OH)–C–C–N with tert-alkyl or cyclic N) is 1. The summed E-state index contributed by atoms with van der Waals surface area (Å²) in [6.45, 7) is 3.54. The van der Waals surface area contributed by atoms with Gasteiger partial charge in [-0.15, -0.1) is 0 Å². The molecule has 0 bridgehead atoms. The highest BCUT2D eigenvalue weighted by Gasteiger charge is 2.29. The minimum absolute atomic E-state index is 0.276. The summed E-state index contributed by atoms with van der Waals surface area (Å²) < 4.78 is 5.54. The second kappa shape index (κ2) is 7.55. The lowest BCUT2D eigenvalue weighted by Crippen LogP contribution is -2.51. The van der Waals surface area contributed by atoms with E-state index in [0.717, 1.165) is 49.8 Å². The molecule has 0 spiro atoms. The lowest BCUT2D eigenvalue weighted by molar-refractivity contribution is 0.140. The van der Waals surface area contributed by atoms with Crippen LogP contribution in [-0.4, -0.2) is 66.1 Å². The Morgan fingerprint density at radius 2 is 2.19 bits per heavy atom. The maximum atomic E-state index is 9.61. The van der Waals surface area contributed by atoms with Gasteiger partial charge in [-0.25, -0.2) is 4.98 Å². The maximum absolute atomic E-state index is 9.61. The number of nitrogens with zero attached hydrogens (tertiary/aromatic N) is 5. The fourth-order valence-electron chi connectivity index (χ4n) is 3.32. The van der Waals surface area contributed by atoms with Crippen LogP contribution in [0.3, 0.4) is 0 Å². The van der Waals surface area contributed by atoms with Gasteiger partial charge in [0.25, 0.3) is 0 Å². The average Bonchev–Trinajstić information content (AvgIpc) is 3.19. The Labute approximate surface area is 153 Å². The van der Waals surface area contributed by atoms with Crippen molar-refractivity contribution < 1.29 is 9.84 Å². The monoisotopic (exact) mass is 355 g/mol. The summed E-state index contributed by atoms with van der Waals surface area (Å²) in [7, 11) is 2.05. The molecule has 2 aliphatic rings. The number of aromatic nitrogens is 3. The second-order valence-corrected chi connectivity index (χ2v) is 7.06. The van der Waals surface area contributed by atoms with Crippen molar-refractivity contribution in [1.82, 2.24) is 15.0 Å². The molecule has 4 heterocycles. The van der Waals surface area contributed by atoms with E-state index < -0.39 is 0 Å². The van der Waals surface area contributed by atoms with E-state index in [9.17, 15) is 5.11 Å². The van der Waals surface area contributed by atoms with Crippen molar-refractivity contribution >= 4 is 11.8 Å². The SMILES string of the molecule is CN(CCc1ccccn1)c1cc(C2CCOC2)nc(N2CC(O)C2)n1. The summed E-state index contributed by atoms with van der Waals surface area (Å²) >= 11 is 0. The number of aliphatic hydroxyl groups is 1. The molecular formula is C19H25N5O2. The Bertz CT molecular complexity index is 730. The highest BCUT2D eigenvalue weighted by molar-refractivity contribution is 5.48. The molecule has 2 fully saturated rings. The lowest BCUT2D eigenvalue weighted by Gasteiger charge is -2.36. The van der Waals surface area contributed by atoms with E-state index in [1.54, 1.807) is 0 Å². The zero-order valence-corrected chi connectivity index (χ0v) is 15.1. The van der Waals surface area contributed by atoms with Crippen LogP contribution >= 0.6 is 0 Å². The van der Waals surface area contributed by atoms with E-state index in [-0.39, 0.29) is 6.10 Å². The molecule has 138 valence electrons. The Balaban J connectivity index is 1.53. The third kappa shape index (κ3) is 3.78. The van der Waals surface area contributed by atoms with Crippen LogP contribution in [0.25, 0.3) is 0 Å². The van der Waals surface area contributed by atoms with E-state index in [0.29, 0.717) is 25.0 Å². The zero-order valence-electron chi connectivity index (χ0n) is 15.1. The zero-order chi connectivity index (χ0) is 17.9. The third-order valence-corrected chi connectivity index (χ3v) is 5.03. The standard InChI is InChI=1S/C19H25N5O2/c1-23(8-5-15-4-2-3-7-20-15)18-10-17(14-6-9-26-13-14)21-19(22-18)24-11-16(25)12-24/h2-4,7,10,14,16,25H,5-6,8-9,11-13H2,1H3. The van der Waals surface area contributed by atoms with Gasteiger partial charge in [-0.1, -0.05) is 6.07 Å². The molecule has 0 radical (unpaired) electrons. The van der Waals surface area contributed by atoms with Crippen molar-refractivity contribution in [2.24, 2.45) is 0 Å². The summed E-state index contributed by atoms with van der Waals surface area (Å²) in [5, 5.41) is 9.61. The van der Waals surface area contributed by atoms with Crippen LogP contribution in [0.5, 0.6) is 0 Å². The number of anilines is 2. The van der Waals surface area contributed by atoms with Crippen molar-refractivity contribution in [3.63, 3.8) is 0 Å². The van der Waals surface area contributed by atoms with Gasteiger partial charge in [-0.05, 0) is 18.6 Å². The highest BCUT2D eigenvalue weighted by Crippen LogP contribution is 2.29. The van der Waals surface area contributed by atoms with Crippen molar-refractivity contribution in [1.29, 1.82) is 0 Å². The Hall–Kier alpha value is -2.25. The molecule has 1 atom stereocenters. The normalized spacial score (nSPS) is 20.2. The minimum atomic E-state index is -0.276. The van der Waals surface area contributed by atoms with E-state index >= 15 is 0 Å². The van der Waals surface area contributed by atoms with Crippen LogP contribution in [0.1, 0.15) is 23.7 Å². The molecule has 0 amide bonds. The summed E-state index contributed by atoms with van der Waals surface area (Å²) in [5.74, 6) is 1.94. The molecule has 2 aliphatic heterocycles. The van der Waals surface area contributed by atoms with Crippen molar-refractivity contribution in [2.75, 3.05) is 49.7 Å². The number of rotatable bonds is 6. The first-order valence-electron chi connectivity index (χ1n) is 9.20. The number of aliphatic hydroxyl groups excluding tert-OH is 1. The largest absolute Gasteiger partial charge is 0.389 e. The maximum Gasteiger partial charge on any atom is 0.227 e. The van der Waals surface area contributed by atoms with Crippen molar-refractivity contribution in [2.45, 2.75) is 24.9 Å². The number of hydrogen-bond donors (Lipinski definition) is 1. The number of likely N-dealkylation sites (N-methyl/N-ethyl adjacent to an activating group) is 1. The van der Waals surface area contributed by atoms with E-state index in [1.807, 2.05) is 29.3 Å². The van der Waals surface area contributed by atoms with Gasteiger partial charge >= 0.3 is 0 Å². The van der Waals surface area contributed by atoms with Gasteiger partial charge < -0.3 is 19.6 Å². The molecule has 4 rings (SSSR count). The summed E-state index contributed by atoms with van der Waals surface area (Å²) in [4.78, 5) is 18.1. The van der Waals surface area contributed by atoms with Crippen molar-refractivity contribution in [3.05, 3.63) is 41.9 Å². The van der Waals surface area contributed by atoms with Gasteiger partial charge in [0.15, 0.2) is 0 Å². The van der Waals surface area contributed by atoms with Crippen LogP contribution in [0.15, 0.2) is 30.5 Å². The fourth-order valence-corrected chi connectivity index (χ4v) is 3.32. The molecule has 2 aromatic heterocycles. The molecule has 0 aromatic carbocycles. The van der Waals surface area contributed by atoms with Gasteiger partial charge in [0.05, 0.1) is 18.4 Å². The first-order chi connectivity index (χ1) is 12.7. The third-order valence-electron chi connectivity index (χ3n) is 5.03. The Morgan fingerprint density at radius 1 is 1.31 bits per heavy atom. The molecular weight excluding hydrogens is 330 g/mol. The van der Waals surface area contributed by atoms with E-state index in [4.69, 9.17) is 14.7 Å². The predicted octanol–water partition coefficient (Wildman–Crippen LogP) is 1.24. The van der Waals surface area contributed by atoms with Gasteiger partial charge in [-0.3, -0.25) is 4.98 Å². The minimum Gasteiger partial charge on any atom is -0.389 e. The van der Waals surface area contributed by atoms with Crippen LogP contribution in [-0.2, 0) is 11.2 Å². The smallest absolute Gasteiger partial charge is 0.227 e. The van der Waals surface area contributed by atoms with Crippen LogP contribution in [0.2, 0.25) is 0 Å². The predicted molar refractivity (Wildman–Crippen MR) is 99.6 cm³/mol. The van der Waals surface area contributed by atoms with Gasteiger partial charge in [0.2, 0.25) is 5.95 Å². The van der Waals surface area contributed by atoms with Gasteiger partial charge in [-0.2, -0.15) is 4.98 Å². The average molecular weight is 355 g/mol. The van der Waals surface area contributed by atoms with Gasteiger partial charge in [0.1, 0.15) is 5.82 Å². The summed E-state index contributed by atoms with van der Waals surface area (Å²) in [6.07, 6.45) is 3.41. The Morgan fingerprint density at radius 3 is 2.88 bits per heavy atom. The highest BCUT2D eigenvalue weighted by atomic mass is 16.5. The Kier molecular flexibility index (Phi) is 4.99. The van der Waals surface area contributed by atoms with Crippen LogP contribution in [0, 0.1) is 0 Å². The fraction of sp³-hybridized carbons (Fsp3) is 0.526. The number of ether oxygens (including phenoxy) is 1. The second-order valence-electron chi connectivity index (χ2n) is 7.06. The summed E-state index contributed by atoms with van der Waals surface area (Å²) in [5.41, 5.74) is 2.11. The molecule has 1 N–H and O–H groups in total. The molecule has 7 nitrogen and oxygen atoms in total. The van der Waals surface area contributed by atoms with Crippen LogP contribution < -0.4 is 9.80 Å². The van der Waals surface area contributed by atoms with Crippen molar-refractivity contribution in [3.8, 4) is 0 Å². The first-order valence-corrected chi connectivity index (χ1v) is 9.20. The van der Waals surface area contributed by atoms with Crippen LogP contribution in [0.4, 0.5) is 11.8 Å². The molecule has 0 aliphatic carbocycles. The lowest BCUT2D eigenvalue weighted by atomic mass is 10.0. The number of pyridine rings is 1. The summed E-state index contributed by atoms with van der Waals surface area (Å²) in [6, 6.07) is 8.07. The topological polar surface area (TPSA) is 74.6 Å². The molecule has 1 unspecified atom stereocenters. The van der Waals surface area contributed by atoms with Gasteiger partial charge in [0, 0.05) is 63.6 Å². The first kappa shape index (κ1) is 17.2.